The molecule has 3 aromatic rings. The molecule has 0 saturated heterocycles. The zero-order chi connectivity index (χ0) is 20.6. The van der Waals surface area contributed by atoms with E-state index in [1.807, 2.05) is 6.92 Å². The minimum absolute atomic E-state index is 0.214. The molecular formula is C22H21FN2O4. The zero-order valence-corrected chi connectivity index (χ0v) is 16.1. The van der Waals surface area contributed by atoms with Crippen molar-refractivity contribution in [2.24, 2.45) is 5.10 Å². The van der Waals surface area contributed by atoms with Gasteiger partial charge in [0.25, 0.3) is 5.91 Å². The van der Waals surface area contributed by atoms with E-state index in [2.05, 4.69) is 10.5 Å². The summed E-state index contributed by atoms with van der Waals surface area (Å²) in [6.07, 6.45) is 2.96. The second kappa shape index (κ2) is 9.54. The number of hydrazone groups is 1. The van der Waals surface area contributed by atoms with Crippen LogP contribution in [0.3, 0.4) is 0 Å². The van der Waals surface area contributed by atoms with E-state index in [0.29, 0.717) is 29.4 Å². The zero-order valence-electron chi connectivity index (χ0n) is 16.1. The number of hydrogen-bond acceptors (Lipinski definition) is 5. The number of nitrogens with one attached hydrogen (secondary N) is 1. The van der Waals surface area contributed by atoms with Gasteiger partial charge in [-0.25, -0.2) is 9.82 Å². The highest BCUT2D eigenvalue weighted by atomic mass is 19.1. The molecule has 1 amide bonds. The van der Waals surface area contributed by atoms with Gasteiger partial charge in [-0.2, -0.15) is 5.10 Å². The van der Waals surface area contributed by atoms with Gasteiger partial charge < -0.3 is 13.9 Å². The standard InChI is InChI=1S/C22H21FN2O4/c1-3-27-21-12-16(13-24-25-22(26)19-9-10-28-15(19)2)7-8-20(21)29-14-17-5-4-6-18(23)11-17/h4-13H,3,14H2,1-2H3,(H,25,26)/b24-13-. The maximum atomic E-state index is 13.3. The molecule has 0 aliphatic heterocycles. The van der Waals surface area contributed by atoms with Crippen molar-refractivity contribution < 1.29 is 23.1 Å². The fourth-order valence-corrected chi connectivity index (χ4v) is 2.63. The summed E-state index contributed by atoms with van der Waals surface area (Å²) >= 11 is 0. The quantitative estimate of drug-likeness (QED) is 0.450. The normalized spacial score (nSPS) is 10.9. The molecule has 0 saturated carbocycles. The molecule has 1 heterocycles. The van der Waals surface area contributed by atoms with Crippen LogP contribution in [-0.2, 0) is 6.61 Å². The third kappa shape index (κ3) is 5.44. The Hall–Kier alpha value is -3.61. The van der Waals surface area contributed by atoms with Gasteiger partial charge >= 0.3 is 0 Å². The minimum Gasteiger partial charge on any atom is -0.490 e. The molecule has 0 spiro atoms. The minimum atomic E-state index is -0.354. The summed E-state index contributed by atoms with van der Waals surface area (Å²) < 4.78 is 29.8. The van der Waals surface area contributed by atoms with E-state index < -0.39 is 0 Å². The summed E-state index contributed by atoms with van der Waals surface area (Å²) in [5.41, 5.74) is 4.32. The Balaban J connectivity index is 1.66. The Labute approximate surface area is 167 Å². The molecule has 0 radical (unpaired) electrons. The Kier molecular flexibility index (Phi) is 6.63. The number of hydrogen-bond donors (Lipinski definition) is 1. The van der Waals surface area contributed by atoms with Gasteiger partial charge in [-0.15, -0.1) is 0 Å². The van der Waals surface area contributed by atoms with Crippen molar-refractivity contribution in [1.82, 2.24) is 5.43 Å². The van der Waals surface area contributed by atoms with Crippen molar-refractivity contribution in [2.75, 3.05) is 6.61 Å². The predicted molar refractivity (Wildman–Crippen MR) is 107 cm³/mol. The number of halogens is 1. The molecule has 29 heavy (non-hydrogen) atoms. The molecule has 0 bridgehead atoms. The highest BCUT2D eigenvalue weighted by Gasteiger charge is 2.10. The molecule has 1 aromatic heterocycles. The summed E-state index contributed by atoms with van der Waals surface area (Å²) in [7, 11) is 0. The number of ether oxygens (including phenoxy) is 2. The van der Waals surface area contributed by atoms with Crippen LogP contribution in [-0.4, -0.2) is 18.7 Å². The summed E-state index contributed by atoms with van der Waals surface area (Å²) in [5.74, 6) is 0.926. The van der Waals surface area contributed by atoms with Gasteiger partial charge in [-0.05, 0) is 61.4 Å². The first-order chi connectivity index (χ1) is 14.1. The number of aryl methyl sites for hydroxylation is 1. The number of carbonyl (C=O) groups excluding carboxylic acids is 1. The summed E-state index contributed by atoms with van der Waals surface area (Å²) in [6, 6.07) is 13.1. The first kappa shape index (κ1) is 20.1. The molecule has 7 heteroatoms. The molecule has 2 aromatic carbocycles. The van der Waals surface area contributed by atoms with Crippen molar-refractivity contribution in [3.8, 4) is 11.5 Å². The Bertz CT molecular complexity index is 1010. The molecule has 0 atom stereocenters. The highest BCUT2D eigenvalue weighted by molar-refractivity contribution is 5.95. The molecule has 1 N–H and O–H groups in total. The van der Waals surface area contributed by atoms with Gasteiger partial charge in [0.1, 0.15) is 18.2 Å². The van der Waals surface area contributed by atoms with Crippen molar-refractivity contribution >= 4 is 12.1 Å². The number of nitrogens with zero attached hydrogens (tertiary/aromatic N) is 1. The van der Waals surface area contributed by atoms with Crippen LogP contribution in [0.15, 0.2) is 64.3 Å². The topological polar surface area (TPSA) is 73.1 Å². The molecule has 0 aliphatic carbocycles. The number of rotatable bonds is 8. The van der Waals surface area contributed by atoms with Crippen LogP contribution in [0, 0.1) is 12.7 Å². The summed E-state index contributed by atoms with van der Waals surface area (Å²) in [4.78, 5) is 12.0. The fraction of sp³-hybridized carbons (Fsp3) is 0.182. The third-order valence-electron chi connectivity index (χ3n) is 4.03. The molecule has 6 nitrogen and oxygen atoms in total. The number of carbonyl (C=O) groups is 1. The van der Waals surface area contributed by atoms with E-state index in [4.69, 9.17) is 13.9 Å². The van der Waals surface area contributed by atoms with Crippen LogP contribution in [0.4, 0.5) is 4.39 Å². The van der Waals surface area contributed by atoms with Crippen LogP contribution >= 0.6 is 0 Å². The lowest BCUT2D eigenvalue weighted by atomic mass is 10.2. The Morgan fingerprint density at radius 3 is 2.76 bits per heavy atom. The van der Waals surface area contributed by atoms with Gasteiger partial charge in [0.05, 0.1) is 24.6 Å². The van der Waals surface area contributed by atoms with Gasteiger partial charge in [0, 0.05) is 0 Å². The van der Waals surface area contributed by atoms with Crippen LogP contribution in [0.1, 0.15) is 34.2 Å². The maximum Gasteiger partial charge on any atom is 0.274 e. The van der Waals surface area contributed by atoms with E-state index in [-0.39, 0.29) is 18.3 Å². The van der Waals surface area contributed by atoms with Crippen LogP contribution in [0.2, 0.25) is 0 Å². The molecule has 150 valence electrons. The van der Waals surface area contributed by atoms with Crippen molar-refractivity contribution in [2.45, 2.75) is 20.5 Å². The number of amides is 1. The maximum absolute atomic E-state index is 13.3. The van der Waals surface area contributed by atoms with Crippen LogP contribution in [0.25, 0.3) is 0 Å². The Morgan fingerprint density at radius 2 is 2.03 bits per heavy atom. The lowest BCUT2D eigenvalue weighted by molar-refractivity contribution is 0.0953. The largest absolute Gasteiger partial charge is 0.490 e. The van der Waals surface area contributed by atoms with E-state index in [0.717, 1.165) is 11.1 Å². The van der Waals surface area contributed by atoms with Crippen molar-refractivity contribution in [1.29, 1.82) is 0 Å². The van der Waals surface area contributed by atoms with Gasteiger partial charge in [-0.1, -0.05) is 12.1 Å². The lowest BCUT2D eigenvalue weighted by Gasteiger charge is -2.12. The van der Waals surface area contributed by atoms with E-state index >= 15 is 0 Å². The van der Waals surface area contributed by atoms with Crippen molar-refractivity contribution in [3.05, 3.63) is 83.1 Å². The first-order valence-electron chi connectivity index (χ1n) is 9.08. The number of furan rings is 1. The average Bonchev–Trinajstić information content (AvgIpc) is 3.13. The molecule has 0 unspecified atom stereocenters. The fourth-order valence-electron chi connectivity index (χ4n) is 2.63. The molecular weight excluding hydrogens is 375 g/mol. The van der Waals surface area contributed by atoms with Gasteiger partial charge in [-0.3, -0.25) is 4.79 Å². The molecule has 0 fully saturated rings. The Morgan fingerprint density at radius 1 is 1.17 bits per heavy atom. The predicted octanol–water partition coefficient (Wildman–Crippen LogP) is 4.47. The van der Waals surface area contributed by atoms with Crippen LogP contribution in [0.5, 0.6) is 11.5 Å². The van der Waals surface area contributed by atoms with E-state index in [1.54, 1.807) is 43.3 Å². The van der Waals surface area contributed by atoms with E-state index in [1.165, 1.54) is 24.6 Å². The monoisotopic (exact) mass is 396 g/mol. The van der Waals surface area contributed by atoms with Gasteiger partial charge in [0.15, 0.2) is 11.5 Å². The van der Waals surface area contributed by atoms with Crippen molar-refractivity contribution in [3.63, 3.8) is 0 Å². The van der Waals surface area contributed by atoms with E-state index in [9.17, 15) is 9.18 Å². The third-order valence-corrected chi connectivity index (χ3v) is 4.03. The second-order valence-corrected chi connectivity index (χ2v) is 6.15. The van der Waals surface area contributed by atoms with Crippen LogP contribution < -0.4 is 14.9 Å². The first-order valence-corrected chi connectivity index (χ1v) is 9.08. The van der Waals surface area contributed by atoms with Gasteiger partial charge in [0.2, 0.25) is 0 Å². The summed E-state index contributed by atoms with van der Waals surface area (Å²) in [5, 5.41) is 3.97. The average molecular weight is 396 g/mol. The number of benzene rings is 2. The smallest absolute Gasteiger partial charge is 0.274 e. The summed E-state index contributed by atoms with van der Waals surface area (Å²) in [6.45, 7) is 4.24. The molecule has 3 rings (SSSR count). The highest BCUT2D eigenvalue weighted by Crippen LogP contribution is 2.29. The SMILES string of the molecule is CCOc1cc(/C=N\NC(=O)c2ccoc2C)ccc1OCc1cccc(F)c1. The molecule has 0 aliphatic rings. The second-order valence-electron chi connectivity index (χ2n) is 6.15. The lowest BCUT2D eigenvalue weighted by Crippen LogP contribution is -2.17.